The van der Waals surface area contributed by atoms with Gasteiger partial charge in [-0.05, 0) is 43.5 Å². The van der Waals surface area contributed by atoms with E-state index in [1.54, 1.807) is 13.0 Å². The highest BCUT2D eigenvalue weighted by atomic mass is 19.4. The van der Waals surface area contributed by atoms with E-state index < -0.39 is 28.5 Å². The third-order valence-corrected chi connectivity index (χ3v) is 5.21. The highest BCUT2D eigenvalue weighted by Crippen LogP contribution is 2.59. The number of nitrogens with one attached hydrogen (secondary N) is 1. The Morgan fingerprint density at radius 2 is 1.92 bits per heavy atom. The smallest absolute Gasteiger partial charge is 0.384 e. The SMILES string of the molecule is CC1(C2(c3ccc(C(F)(F)F)c(F)c3)CC2)C=C(N)N2NC(N)=NC2=N1. The maximum Gasteiger partial charge on any atom is 0.419 e. The maximum absolute atomic E-state index is 14.1. The van der Waals surface area contributed by atoms with E-state index in [-0.39, 0.29) is 11.9 Å². The third-order valence-electron chi connectivity index (χ3n) is 5.21. The molecule has 1 fully saturated rings. The van der Waals surface area contributed by atoms with Crippen LogP contribution in [0.1, 0.15) is 30.9 Å². The lowest BCUT2D eigenvalue weighted by Gasteiger charge is -2.37. The molecule has 0 bridgehead atoms. The van der Waals surface area contributed by atoms with E-state index in [4.69, 9.17) is 11.5 Å². The molecule has 0 aromatic heterocycles. The molecule has 2 aliphatic heterocycles. The van der Waals surface area contributed by atoms with Crippen molar-refractivity contribution in [2.75, 3.05) is 0 Å². The number of fused-ring (bicyclic) bond motifs is 1. The average Bonchev–Trinajstić information content (AvgIpc) is 3.25. The number of guanidine groups is 2. The van der Waals surface area contributed by atoms with Crippen molar-refractivity contribution in [1.29, 1.82) is 0 Å². The lowest BCUT2D eigenvalue weighted by atomic mass is 9.76. The van der Waals surface area contributed by atoms with E-state index in [9.17, 15) is 17.6 Å². The molecular weight excluding hydrogens is 352 g/mol. The van der Waals surface area contributed by atoms with Gasteiger partial charge < -0.3 is 11.5 Å². The highest BCUT2D eigenvalue weighted by Gasteiger charge is 2.59. The summed E-state index contributed by atoms with van der Waals surface area (Å²) in [6, 6.07) is 3.03. The van der Waals surface area contributed by atoms with Gasteiger partial charge >= 0.3 is 6.18 Å². The molecule has 3 aliphatic rings. The Bertz CT molecular complexity index is 883. The molecule has 2 heterocycles. The molecule has 0 radical (unpaired) electrons. The first-order valence-corrected chi connectivity index (χ1v) is 7.92. The number of nitrogens with two attached hydrogens (primary N) is 2. The van der Waals surface area contributed by atoms with E-state index in [0.717, 1.165) is 12.1 Å². The molecule has 6 nitrogen and oxygen atoms in total. The number of aliphatic imine (C=N–C) groups is 2. The summed E-state index contributed by atoms with van der Waals surface area (Å²) < 4.78 is 52.6. The van der Waals surface area contributed by atoms with E-state index in [1.807, 2.05) is 0 Å². The van der Waals surface area contributed by atoms with Crippen molar-refractivity contribution in [3.05, 3.63) is 47.0 Å². The van der Waals surface area contributed by atoms with Crippen LogP contribution in [0.4, 0.5) is 17.6 Å². The summed E-state index contributed by atoms with van der Waals surface area (Å²) in [5, 5.41) is 1.42. The van der Waals surface area contributed by atoms with Gasteiger partial charge in [-0.25, -0.2) is 14.4 Å². The second-order valence-corrected chi connectivity index (χ2v) is 6.85. The van der Waals surface area contributed by atoms with E-state index in [1.165, 1.54) is 11.1 Å². The first kappa shape index (κ1) is 16.7. The molecule has 138 valence electrons. The summed E-state index contributed by atoms with van der Waals surface area (Å²) in [5.74, 6) is -0.574. The molecular formula is C16H16F4N6. The van der Waals surface area contributed by atoms with Crippen LogP contribution in [0.25, 0.3) is 0 Å². The van der Waals surface area contributed by atoms with Crippen molar-refractivity contribution < 1.29 is 17.6 Å². The zero-order valence-corrected chi connectivity index (χ0v) is 13.7. The van der Waals surface area contributed by atoms with Gasteiger partial charge in [0.2, 0.25) is 11.9 Å². The Labute approximate surface area is 146 Å². The zero-order chi connectivity index (χ0) is 18.9. The van der Waals surface area contributed by atoms with Gasteiger partial charge in [-0.15, -0.1) is 0 Å². The van der Waals surface area contributed by atoms with Gasteiger partial charge in [0.25, 0.3) is 0 Å². The van der Waals surface area contributed by atoms with Gasteiger partial charge in [0, 0.05) is 5.41 Å². The molecule has 1 aromatic carbocycles. The van der Waals surface area contributed by atoms with Crippen LogP contribution in [0.2, 0.25) is 0 Å². The normalized spacial score (nSPS) is 26.5. The fraction of sp³-hybridized carbons (Fsp3) is 0.375. The summed E-state index contributed by atoms with van der Waals surface area (Å²) in [7, 11) is 0. The monoisotopic (exact) mass is 368 g/mol. The fourth-order valence-electron chi connectivity index (χ4n) is 3.69. The number of nitrogens with zero attached hydrogens (tertiary/aromatic N) is 3. The van der Waals surface area contributed by atoms with Crippen LogP contribution in [0, 0.1) is 5.82 Å². The number of hydrogen-bond donors (Lipinski definition) is 3. The molecule has 5 N–H and O–H groups in total. The summed E-state index contributed by atoms with van der Waals surface area (Å²) >= 11 is 0. The largest absolute Gasteiger partial charge is 0.419 e. The predicted molar refractivity (Wildman–Crippen MR) is 87.0 cm³/mol. The lowest BCUT2D eigenvalue weighted by molar-refractivity contribution is -0.140. The Hall–Kier alpha value is -2.78. The minimum absolute atomic E-state index is 0.134. The van der Waals surface area contributed by atoms with Crippen LogP contribution in [0.3, 0.4) is 0 Å². The second kappa shape index (κ2) is 4.89. The summed E-state index contributed by atoms with van der Waals surface area (Å²) in [4.78, 5) is 8.67. The number of benzene rings is 1. The molecule has 1 atom stereocenters. The van der Waals surface area contributed by atoms with Gasteiger partial charge in [0.05, 0.1) is 11.1 Å². The Balaban J connectivity index is 1.77. The van der Waals surface area contributed by atoms with E-state index in [2.05, 4.69) is 15.4 Å². The van der Waals surface area contributed by atoms with Gasteiger partial charge in [-0.3, -0.25) is 5.43 Å². The van der Waals surface area contributed by atoms with Crippen LogP contribution < -0.4 is 16.9 Å². The first-order valence-electron chi connectivity index (χ1n) is 7.92. The highest BCUT2D eigenvalue weighted by molar-refractivity contribution is 6.01. The molecule has 10 heteroatoms. The average molecular weight is 368 g/mol. The zero-order valence-electron chi connectivity index (χ0n) is 13.7. The summed E-state index contributed by atoms with van der Waals surface area (Å²) in [6.45, 7) is 1.80. The fourth-order valence-corrected chi connectivity index (χ4v) is 3.69. The Morgan fingerprint density at radius 1 is 1.23 bits per heavy atom. The molecule has 0 saturated heterocycles. The van der Waals surface area contributed by atoms with Gasteiger partial charge in [-0.2, -0.15) is 18.2 Å². The predicted octanol–water partition coefficient (Wildman–Crippen LogP) is 1.94. The Kier molecular flexibility index (Phi) is 3.14. The van der Waals surface area contributed by atoms with Crippen molar-refractivity contribution in [1.82, 2.24) is 10.4 Å². The number of hydrogen-bond acceptors (Lipinski definition) is 6. The topological polar surface area (TPSA) is 92.0 Å². The maximum atomic E-state index is 14.1. The van der Waals surface area contributed by atoms with Crippen molar-refractivity contribution >= 4 is 11.9 Å². The van der Waals surface area contributed by atoms with Crippen LogP contribution in [0.15, 0.2) is 40.1 Å². The molecule has 4 rings (SSSR count). The van der Waals surface area contributed by atoms with Crippen molar-refractivity contribution in [3.63, 3.8) is 0 Å². The van der Waals surface area contributed by atoms with Crippen LogP contribution in [-0.4, -0.2) is 22.5 Å². The molecule has 26 heavy (non-hydrogen) atoms. The minimum atomic E-state index is -4.74. The summed E-state index contributed by atoms with van der Waals surface area (Å²) in [6.07, 6.45) is -1.76. The molecule has 1 saturated carbocycles. The third kappa shape index (κ3) is 2.24. The standard InChI is InChI=1S/C16H16F4N6/c1-14(7-11(21)26-13(24-14)23-12(22)25-26)15(4-5-15)8-2-3-9(10(17)6-8)16(18,19)20/h2-3,6-7H,4-5,21H2,1H3,(H3,22,23,24,25). The van der Waals surface area contributed by atoms with Crippen LogP contribution in [0.5, 0.6) is 0 Å². The lowest BCUT2D eigenvalue weighted by Crippen LogP contribution is -2.49. The molecule has 1 aliphatic carbocycles. The molecule has 0 amide bonds. The van der Waals surface area contributed by atoms with Crippen molar-refractivity contribution in [3.8, 4) is 0 Å². The van der Waals surface area contributed by atoms with E-state index in [0.29, 0.717) is 24.2 Å². The minimum Gasteiger partial charge on any atom is -0.384 e. The molecule has 1 unspecified atom stereocenters. The summed E-state index contributed by atoms with van der Waals surface area (Å²) in [5.41, 5.74) is 12.1. The van der Waals surface area contributed by atoms with Crippen molar-refractivity contribution in [2.24, 2.45) is 21.5 Å². The van der Waals surface area contributed by atoms with E-state index >= 15 is 0 Å². The van der Waals surface area contributed by atoms with Crippen LogP contribution >= 0.6 is 0 Å². The second-order valence-electron chi connectivity index (χ2n) is 6.85. The number of alkyl halides is 3. The number of halogens is 4. The van der Waals surface area contributed by atoms with Gasteiger partial charge in [-0.1, -0.05) is 6.07 Å². The van der Waals surface area contributed by atoms with Gasteiger partial charge in [0.15, 0.2) is 0 Å². The molecule has 0 spiro atoms. The Morgan fingerprint density at radius 3 is 2.50 bits per heavy atom. The van der Waals surface area contributed by atoms with Crippen molar-refractivity contribution in [2.45, 2.75) is 36.9 Å². The van der Waals surface area contributed by atoms with Gasteiger partial charge in [0.1, 0.15) is 11.6 Å². The number of rotatable bonds is 2. The first-order chi connectivity index (χ1) is 12.1. The number of hydrazine groups is 1. The van der Waals surface area contributed by atoms with Crippen LogP contribution in [-0.2, 0) is 11.6 Å². The molecule has 1 aromatic rings. The quantitative estimate of drug-likeness (QED) is 0.696.